The van der Waals surface area contributed by atoms with Gasteiger partial charge in [0, 0.05) is 19.7 Å². The number of pyridine rings is 1. The Morgan fingerprint density at radius 1 is 1.27 bits per heavy atom. The molecule has 26 heavy (non-hydrogen) atoms. The number of thiazole rings is 1. The molecule has 132 valence electrons. The minimum absolute atomic E-state index is 0.0586. The molecule has 0 bridgehead atoms. The molecular weight excluding hydrogens is 352 g/mol. The van der Waals surface area contributed by atoms with Crippen LogP contribution >= 0.6 is 11.3 Å². The predicted molar refractivity (Wildman–Crippen MR) is 98.7 cm³/mol. The molecule has 4 rings (SSSR count). The van der Waals surface area contributed by atoms with Crippen LogP contribution in [-0.2, 0) is 20.1 Å². The highest BCUT2D eigenvalue weighted by molar-refractivity contribution is 7.09. The number of nitrogens with zero attached hydrogens (tertiary/aromatic N) is 3. The smallest absolute Gasteiger partial charge is 0.307 e. The van der Waals surface area contributed by atoms with Crippen molar-refractivity contribution in [2.24, 2.45) is 7.05 Å². The number of aromatic hydroxyl groups is 1. The molecule has 8 heteroatoms. The number of aryl methyl sites for hydroxylation is 1. The topological polar surface area (TPSA) is 93.0 Å². The minimum atomic E-state index is -0.255. The van der Waals surface area contributed by atoms with E-state index in [0.717, 1.165) is 39.5 Å². The van der Waals surface area contributed by atoms with Crippen LogP contribution in [-0.4, -0.2) is 24.6 Å². The third kappa shape index (κ3) is 3.18. The molecule has 0 fully saturated rings. The summed E-state index contributed by atoms with van der Waals surface area (Å²) in [5.41, 5.74) is 2.84. The molecule has 0 amide bonds. The Morgan fingerprint density at radius 3 is 2.77 bits per heavy atom. The van der Waals surface area contributed by atoms with Gasteiger partial charge in [-0.1, -0.05) is 23.5 Å². The van der Waals surface area contributed by atoms with Gasteiger partial charge in [-0.05, 0) is 23.8 Å². The zero-order valence-electron chi connectivity index (χ0n) is 14.0. The molecule has 7 nitrogen and oxygen atoms in total. The van der Waals surface area contributed by atoms with Crippen molar-refractivity contribution in [3.05, 3.63) is 68.7 Å². The van der Waals surface area contributed by atoms with E-state index in [1.807, 2.05) is 41.9 Å². The van der Waals surface area contributed by atoms with Gasteiger partial charge in [0.2, 0.25) is 5.88 Å². The number of benzene rings is 1. The highest BCUT2D eigenvalue weighted by Gasteiger charge is 2.09. The predicted octanol–water partition coefficient (Wildman–Crippen LogP) is 2.59. The number of hydrogen-bond acceptors (Lipinski definition) is 6. The molecule has 0 saturated carbocycles. The van der Waals surface area contributed by atoms with Crippen LogP contribution in [0.3, 0.4) is 0 Å². The second-order valence-corrected chi connectivity index (χ2v) is 6.91. The van der Waals surface area contributed by atoms with Crippen molar-refractivity contribution in [1.82, 2.24) is 19.5 Å². The quantitative estimate of drug-likeness (QED) is 0.565. The maximum Gasteiger partial charge on any atom is 0.307 e. The first kappa shape index (κ1) is 16.3. The van der Waals surface area contributed by atoms with E-state index in [4.69, 9.17) is 4.74 Å². The lowest BCUT2D eigenvalue weighted by Crippen LogP contribution is -2.03. The van der Waals surface area contributed by atoms with Gasteiger partial charge in [0.15, 0.2) is 0 Å². The van der Waals surface area contributed by atoms with Crippen LogP contribution < -0.4 is 9.61 Å². The standard InChI is InChI=1S/C18H16N4O3S/c1-22-14-6-7-19-9-13(14)20-16(22)10-25-12-4-2-11(3-5-12)8-15-17(23)21-18(24)26-15/h2-7,9,23H,8,10H2,1H3,(H,21,24). The highest BCUT2D eigenvalue weighted by Crippen LogP contribution is 2.22. The summed E-state index contributed by atoms with van der Waals surface area (Å²) in [4.78, 5) is 22.6. The number of H-pyrrole nitrogens is 1. The molecule has 0 unspecified atom stereocenters. The first-order valence-electron chi connectivity index (χ1n) is 7.98. The fourth-order valence-electron chi connectivity index (χ4n) is 2.74. The number of ether oxygens (including phenoxy) is 1. The van der Waals surface area contributed by atoms with E-state index in [0.29, 0.717) is 17.9 Å². The Balaban J connectivity index is 1.44. The van der Waals surface area contributed by atoms with Gasteiger partial charge in [0.25, 0.3) is 0 Å². The average molecular weight is 368 g/mol. The first-order valence-corrected chi connectivity index (χ1v) is 8.80. The maximum atomic E-state index is 11.2. The van der Waals surface area contributed by atoms with Gasteiger partial charge in [-0.3, -0.25) is 14.8 Å². The lowest BCUT2D eigenvalue weighted by atomic mass is 10.1. The molecule has 0 atom stereocenters. The van der Waals surface area contributed by atoms with Crippen molar-refractivity contribution >= 4 is 22.4 Å². The number of imidazole rings is 1. The molecule has 0 radical (unpaired) electrons. The van der Waals surface area contributed by atoms with Gasteiger partial charge in [0.05, 0.1) is 16.6 Å². The SMILES string of the molecule is Cn1c(COc2ccc(Cc3sc(=O)[nH]c3O)cc2)nc2cnccc21. The Labute approximate surface area is 152 Å². The van der Waals surface area contributed by atoms with Crippen molar-refractivity contribution in [1.29, 1.82) is 0 Å². The van der Waals surface area contributed by atoms with Crippen LogP contribution in [0.4, 0.5) is 0 Å². The summed E-state index contributed by atoms with van der Waals surface area (Å²) in [6.45, 7) is 0.352. The molecule has 2 N–H and O–H groups in total. The van der Waals surface area contributed by atoms with Crippen LogP contribution in [0, 0.1) is 0 Å². The molecular formula is C18H16N4O3S. The van der Waals surface area contributed by atoms with Gasteiger partial charge < -0.3 is 14.4 Å². The van der Waals surface area contributed by atoms with Gasteiger partial charge >= 0.3 is 4.87 Å². The summed E-state index contributed by atoms with van der Waals surface area (Å²) in [7, 11) is 1.95. The fourth-order valence-corrected chi connectivity index (χ4v) is 3.50. The van der Waals surface area contributed by atoms with Crippen molar-refractivity contribution in [3.8, 4) is 11.6 Å². The zero-order valence-corrected chi connectivity index (χ0v) is 14.8. The molecule has 0 saturated heterocycles. The first-order chi connectivity index (χ1) is 12.6. The Morgan fingerprint density at radius 2 is 2.08 bits per heavy atom. The van der Waals surface area contributed by atoms with Crippen LogP contribution in [0.1, 0.15) is 16.3 Å². The van der Waals surface area contributed by atoms with E-state index in [-0.39, 0.29) is 10.8 Å². The third-order valence-corrected chi connectivity index (χ3v) is 5.00. The third-order valence-electron chi connectivity index (χ3n) is 4.13. The van der Waals surface area contributed by atoms with Crippen LogP contribution in [0.2, 0.25) is 0 Å². The monoisotopic (exact) mass is 368 g/mol. The van der Waals surface area contributed by atoms with E-state index < -0.39 is 0 Å². The van der Waals surface area contributed by atoms with Gasteiger partial charge in [0.1, 0.15) is 23.7 Å². The fraction of sp³-hybridized carbons (Fsp3) is 0.167. The van der Waals surface area contributed by atoms with Gasteiger partial charge in [-0.15, -0.1) is 0 Å². The van der Waals surface area contributed by atoms with E-state index in [2.05, 4.69) is 15.0 Å². The Hall–Kier alpha value is -3.13. The van der Waals surface area contributed by atoms with E-state index in [1.54, 1.807) is 12.4 Å². The molecule has 1 aromatic carbocycles. The number of hydrogen-bond donors (Lipinski definition) is 2. The lowest BCUT2D eigenvalue weighted by molar-refractivity contribution is 0.292. The number of nitrogens with one attached hydrogen (secondary N) is 1. The molecule has 4 aromatic rings. The summed E-state index contributed by atoms with van der Waals surface area (Å²) in [6, 6.07) is 9.49. The van der Waals surface area contributed by atoms with Crippen LogP contribution in [0.15, 0.2) is 47.5 Å². The number of aromatic nitrogens is 4. The van der Waals surface area contributed by atoms with Crippen molar-refractivity contribution < 1.29 is 9.84 Å². The van der Waals surface area contributed by atoms with Gasteiger partial charge in [-0.25, -0.2) is 4.98 Å². The molecule has 3 heterocycles. The summed E-state index contributed by atoms with van der Waals surface area (Å²) >= 11 is 1.02. The van der Waals surface area contributed by atoms with Crippen molar-refractivity contribution in [2.45, 2.75) is 13.0 Å². The summed E-state index contributed by atoms with van der Waals surface area (Å²) in [5.74, 6) is 1.49. The zero-order chi connectivity index (χ0) is 18.1. The van der Waals surface area contributed by atoms with E-state index >= 15 is 0 Å². The molecule has 0 aliphatic carbocycles. The molecule has 0 spiro atoms. The summed E-state index contributed by atoms with van der Waals surface area (Å²) < 4.78 is 7.82. The van der Waals surface area contributed by atoms with Crippen LogP contribution in [0.5, 0.6) is 11.6 Å². The van der Waals surface area contributed by atoms with Crippen molar-refractivity contribution in [3.63, 3.8) is 0 Å². The minimum Gasteiger partial charge on any atom is -0.494 e. The number of fused-ring (bicyclic) bond motifs is 1. The normalized spacial score (nSPS) is 11.1. The second-order valence-electron chi connectivity index (χ2n) is 5.85. The Bertz CT molecular complexity index is 1110. The molecule has 0 aliphatic rings. The number of aromatic amines is 1. The van der Waals surface area contributed by atoms with E-state index in [1.165, 1.54) is 0 Å². The molecule has 0 aliphatic heterocycles. The average Bonchev–Trinajstić information content (AvgIpc) is 3.13. The summed E-state index contributed by atoms with van der Waals surface area (Å²) in [5, 5.41) is 9.66. The lowest BCUT2D eigenvalue weighted by Gasteiger charge is -2.07. The summed E-state index contributed by atoms with van der Waals surface area (Å²) in [6.07, 6.45) is 3.97. The van der Waals surface area contributed by atoms with Gasteiger partial charge in [-0.2, -0.15) is 0 Å². The highest BCUT2D eigenvalue weighted by atomic mass is 32.1. The van der Waals surface area contributed by atoms with Crippen LogP contribution in [0.25, 0.3) is 11.0 Å². The number of rotatable bonds is 5. The van der Waals surface area contributed by atoms with Crippen molar-refractivity contribution in [2.75, 3.05) is 0 Å². The Kier molecular flexibility index (Phi) is 4.18. The molecule has 3 aromatic heterocycles. The maximum absolute atomic E-state index is 11.2. The second kappa shape index (κ2) is 6.64. The van der Waals surface area contributed by atoms with E-state index in [9.17, 15) is 9.90 Å². The largest absolute Gasteiger partial charge is 0.494 e.